The van der Waals surface area contributed by atoms with E-state index >= 15 is 0 Å². The van der Waals surface area contributed by atoms with Gasteiger partial charge in [0.05, 0.1) is 17.7 Å². The molecule has 1 heterocycles. The number of benzene rings is 2. The molecule has 6 nitrogen and oxygen atoms in total. The van der Waals surface area contributed by atoms with E-state index in [9.17, 15) is 19.3 Å². The van der Waals surface area contributed by atoms with Crippen molar-refractivity contribution in [1.82, 2.24) is 4.57 Å². The molecule has 0 atom stereocenters. The van der Waals surface area contributed by atoms with Gasteiger partial charge in [-0.05, 0) is 35.4 Å². The molecule has 0 aliphatic carbocycles. The molecular weight excluding hydrogens is 339 g/mol. The van der Waals surface area contributed by atoms with Gasteiger partial charge in [0.2, 0.25) is 0 Å². The molecule has 26 heavy (non-hydrogen) atoms. The van der Waals surface area contributed by atoms with Gasteiger partial charge >= 0.3 is 0 Å². The third-order valence-electron chi connectivity index (χ3n) is 3.77. The van der Waals surface area contributed by atoms with E-state index in [1.807, 2.05) is 0 Å². The average molecular weight is 354 g/mol. The smallest absolute Gasteiger partial charge is 0.285 e. The van der Waals surface area contributed by atoms with E-state index in [-0.39, 0.29) is 23.6 Å². The van der Waals surface area contributed by atoms with Crippen LogP contribution in [0, 0.1) is 15.9 Å². The average Bonchev–Trinajstić information content (AvgIpc) is 2.64. The molecule has 0 aliphatic heterocycles. The van der Waals surface area contributed by atoms with Crippen LogP contribution in [0.5, 0.6) is 5.75 Å². The van der Waals surface area contributed by atoms with Crippen molar-refractivity contribution < 1.29 is 14.1 Å². The van der Waals surface area contributed by atoms with Crippen LogP contribution in [0.2, 0.25) is 0 Å². The van der Waals surface area contributed by atoms with E-state index in [1.165, 1.54) is 35.0 Å². The Morgan fingerprint density at radius 1 is 0.962 bits per heavy atom. The summed E-state index contributed by atoms with van der Waals surface area (Å²) < 4.78 is 19.8. The minimum Gasteiger partial charge on any atom is -0.489 e. The molecule has 2 aromatic carbocycles. The summed E-state index contributed by atoms with van der Waals surface area (Å²) in [6, 6.07) is 15.5. The molecular formula is C19H15FN2O4. The van der Waals surface area contributed by atoms with Gasteiger partial charge in [0.15, 0.2) is 0 Å². The Morgan fingerprint density at radius 2 is 1.62 bits per heavy atom. The second-order valence-corrected chi connectivity index (χ2v) is 5.67. The first kappa shape index (κ1) is 17.3. The van der Waals surface area contributed by atoms with E-state index < -0.39 is 4.92 Å². The number of hydrogen-bond acceptors (Lipinski definition) is 4. The largest absolute Gasteiger partial charge is 0.489 e. The van der Waals surface area contributed by atoms with Gasteiger partial charge in [0.1, 0.15) is 18.2 Å². The number of pyridine rings is 1. The topological polar surface area (TPSA) is 74.4 Å². The van der Waals surface area contributed by atoms with Crippen molar-refractivity contribution in [2.45, 2.75) is 13.2 Å². The second kappa shape index (κ2) is 7.60. The SMILES string of the molecule is O=c1ccc([N+](=O)[O-])cn1Cc1ccc(OCc2ccc(F)cc2)cc1. The summed E-state index contributed by atoms with van der Waals surface area (Å²) in [4.78, 5) is 22.1. The highest BCUT2D eigenvalue weighted by molar-refractivity contribution is 5.29. The molecule has 132 valence electrons. The van der Waals surface area contributed by atoms with Crippen LogP contribution in [-0.4, -0.2) is 9.49 Å². The fraction of sp³-hybridized carbons (Fsp3) is 0.105. The predicted octanol–water partition coefficient (Wildman–Crippen LogP) is 3.52. The number of nitrogens with zero attached hydrogens (tertiary/aromatic N) is 2. The van der Waals surface area contributed by atoms with Crippen molar-refractivity contribution in [1.29, 1.82) is 0 Å². The summed E-state index contributed by atoms with van der Waals surface area (Å²) in [7, 11) is 0. The lowest BCUT2D eigenvalue weighted by atomic mass is 10.2. The van der Waals surface area contributed by atoms with Gasteiger partial charge < -0.3 is 9.30 Å². The molecule has 0 saturated carbocycles. The summed E-state index contributed by atoms with van der Waals surface area (Å²) in [5.74, 6) is 0.332. The number of nitro groups is 1. The number of rotatable bonds is 6. The van der Waals surface area contributed by atoms with E-state index in [0.29, 0.717) is 12.4 Å². The van der Waals surface area contributed by atoms with Crippen LogP contribution in [0.4, 0.5) is 10.1 Å². The van der Waals surface area contributed by atoms with Gasteiger partial charge in [-0.2, -0.15) is 0 Å². The molecule has 0 N–H and O–H groups in total. The number of hydrogen-bond donors (Lipinski definition) is 0. The molecule has 0 spiro atoms. The van der Waals surface area contributed by atoms with Crippen molar-refractivity contribution in [2.75, 3.05) is 0 Å². The van der Waals surface area contributed by atoms with Crippen molar-refractivity contribution in [3.05, 3.63) is 104 Å². The van der Waals surface area contributed by atoms with Gasteiger partial charge in [-0.15, -0.1) is 0 Å². The number of aromatic nitrogens is 1. The maximum Gasteiger partial charge on any atom is 0.285 e. The Morgan fingerprint density at radius 3 is 2.27 bits per heavy atom. The van der Waals surface area contributed by atoms with Gasteiger partial charge in [0.25, 0.3) is 11.2 Å². The molecule has 3 aromatic rings. The molecule has 0 aliphatic rings. The Bertz CT molecular complexity index is 966. The van der Waals surface area contributed by atoms with Crippen LogP contribution in [-0.2, 0) is 13.2 Å². The molecule has 7 heteroatoms. The maximum atomic E-state index is 12.9. The maximum absolute atomic E-state index is 12.9. The van der Waals surface area contributed by atoms with E-state index in [1.54, 1.807) is 36.4 Å². The summed E-state index contributed by atoms with van der Waals surface area (Å²) in [6.45, 7) is 0.530. The Balaban J connectivity index is 1.66. The summed E-state index contributed by atoms with van der Waals surface area (Å²) in [5, 5.41) is 10.8. The molecule has 3 rings (SSSR count). The molecule has 0 bridgehead atoms. The lowest BCUT2D eigenvalue weighted by Gasteiger charge is -2.09. The van der Waals surface area contributed by atoms with E-state index in [0.717, 1.165) is 11.1 Å². The highest BCUT2D eigenvalue weighted by Gasteiger charge is 2.08. The Hall–Kier alpha value is -3.48. The van der Waals surface area contributed by atoms with Crippen LogP contribution in [0.1, 0.15) is 11.1 Å². The second-order valence-electron chi connectivity index (χ2n) is 5.67. The Kier molecular flexibility index (Phi) is 5.07. The molecule has 0 fully saturated rings. The molecule has 0 radical (unpaired) electrons. The lowest BCUT2D eigenvalue weighted by molar-refractivity contribution is -0.385. The summed E-state index contributed by atoms with van der Waals surface area (Å²) in [5.41, 5.74) is 1.21. The van der Waals surface area contributed by atoms with Gasteiger partial charge in [-0.1, -0.05) is 24.3 Å². The van der Waals surface area contributed by atoms with Crippen LogP contribution < -0.4 is 10.3 Å². The van der Waals surface area contributed by atoms with Crippen LogP contribution in [0.25, 0.3) is 0 Å². The standard InChI is InChI=1S/C19H15FN2O4/c20-16-5-1-15(2-6-16)13-26-18-8-3-14(4-9-18)11-21-12-17(22(24)25)7-10-19(21)23/h1-10,12H,11,13H2. The molecule has 0 saturated heterocycles. The predicted molar refractivity (Wildman–Crippen MR) is 93.6 cm³/mol. The quantitative estimate of drug-likeness (QED) is 0.501. The van der Waals surface area contributed by atoms with Gasteiger partial charge in [0, 0.05) is 12.1 Å². The third kappa shape index (κ3) is 4.32. The third-order valence-corrected chi connectivity index (χ3v) is 3.77. The monoisotopic (exact) mass is 354 g/mol. The number of ether oxygens (including phenoxy) is 1. The normalized spacial score (nSPS) is 10.5. The first-order chi connectivity index (χ1) is 12.5. The van der Waals surface area contributed by atoms with Crippen molar-refractivity contribution in [3.63, 3.8) is 0 Å². The van der Waals surface area contributed by atoms with Crippen molar-refractivity contribution in [2.24, 2.45) is 0 Å². The first-order valence-electron chi connectivity index (χ1n) is 7.82. The molecule has 0 amide bonds. The number of halogens is 1. The van der Waals surface area contributed by atoms with Gasteiger partial charge in [-0.25, -0.2) is 4.39 Å². The van der Waals surface area contributed by atoms with Crippen molar-refractivity contribution >= 4 is 5.69 Å². The van der Waals surface area contributed by atoms with Crippen LogP contribution >= 0.6 is 0 Å². The lowest BCUT2D eigenvalue weighted by Crippen LogP contribution is -2.19. The minimum atomic E-state index is -0.539. The first-order valence-corrected chi connectivity index (χ1v) is 7.82. The fourth-order valence-corrected chi connectivity index (χ4v) is 2.39. The zero-order valence-corrected chi connectivity index (χ0v) is 13.7. The summed E-state index contributed by atoms with van der Waals surface area (Å²) in [6.07, 6.45) is 1.22. The fourth-order valence-electron chi connectivity index (χ4n) is 2.39. The zero-order valence-electron chi connectivity index (χ0n) is 13.7. The zero-order chi connectivity index (χ0) is 18.5. The van der Waals surface area contributed by atoms with Crippen LogP contribution in [0.3, 0.4) is 0 Å². The highest BCUT2D eigenvalue weighted by atomic mass is 19.1. The minimum absolute atomic E-state index is 0.135. The van der Waals surface area contributed by atoms with E-state index in [4.69, 9.17) is 4.74 Å². The van der Waals surface area contributed by atoms with Crippen molar-refractivity contribution in [3.8, 4) is 5.75 Å². The highest BCUT2D eigenvalue weighted by Crippen LogP contribution is 2.16. The van der Waals surface area contributed by atoms with Gasteiger partial charge in [-0.3, -0.25) is 14.9 Å². The van der Waals surface area contributed by atoms with Crippen LogP contribution in [0.15, 0.2) is 71.7 Å². The molecule has 1 aromatic heterocycles. The summed E-state index contributed by atoms with van der Waals surface area (Å²) >= 11 is 0. The van der Waals surface area contributed by atoms with E-state index in [2.05, 4.69) is 0 Å². The molecule has 0 unspecified atom stereocenters. The Labute approximate surface area is 148 Å².